The second-order valence-electron chi connectivity index (χ2n) is 2.14. The van der Waals surface area contributed by atoms with E-state index in [4.69, 9.17) is 16.3 Å². The van der Waals surface area contributed by atoms with Crippen LogP contribution in [0.15, 0.2) is 0 Å². The van der Waals surface area contributed by atoms with Gasteiger partial charge in [-0.15, -0.1) is 0 Å². The molecule has 3 nitrogen and oxygen atoms in total. The Morgan fingerprint density at radius 3 is 2.83 bits per heavy atom. The molecule has 0 unspecified atom stereocenters. The molecular formula is C7H8ClNO2S. The predicted molar refractivity (Wildman–Crippen MR) is 47.8 cm³/mol. The van der Waals surface area contributed by atoms with Crippen LogP contribution >= 0.6 is 23.1 Å². The lowest BCUT2D eigenvalue weighted by molar-refractivity contribution is 0.0526. The van der Waals surface area contributed by atoms with Crippen molar-refractivity contribution in [2.24, 2.45) is 0 Å². The van der Waals surface area contributed by atoms with E-state index in [-0.39, 0.29) is 0 Å². The van der Waals surface area contributed by atoms with Crippen molar-refractivity contribution in [2.45, 2.75) is 13.8 Å². The summed E-state index contributed by atoms with van der Waals surface area (Å²) in [6.45, 7) is 3.83. The van der Waals surface area contributed by atoms with E-state index in [0.29, 0.717) is 22.2 Å². The van der Waals surface area contributed by atoms with Gasteiger partial charge in [-0.2, -0.15) is 4.37 Å². The van der Waals surface area contributed by atoms with Gasteiger partial charge in [-0.1, -0.05) is 11.6 Å². The molecular weight excluding hydrogens is 198 g/mol. The summed E-state index contributed by atoms with van der Waals surface area (Å²) >= 11 is 6.83. The van der Waals surface area contributed by atoms with E-state index in [1.54, 1.807) is 13.8 Å². The van der Waals surface area contributed by atoms with Crippen LogP contribution in [0.25, 0.3) is 0 Å². The van der Waals surface area contributed by atoms with Gasteiger partial charge in [-0.25, -0.2) is 4.79 Å². The minimum Gasteiger partial charge on any atom is -0.462 e. The van der Waals surface area contributed by atoms with E-state index in [9.17, 15) is 4.79 Å². The van der Waals surface area contributed by atoms with Gasteiger partial charge in [0.2, 0.25) is 0 Å². The number of esters is 1. The standard InChI is InChI=1S/C7H8ClNO2S/c1-3-11-7(10)5-4(2)9-12-6(5)8/h3H2,1-2H3. The highest BCUT2D eigenvalue weighted by Gasteiger charge is 2.17. The molecule has 0 saturated carbocycles. The van der Waals surface area contributed by atoms with Gasteiger partial charge in [0.1, 0.15) is 9.90 Å². The SMILES string of the molecule is CCOC(=O)c1c(C)nsc1Cl. The van der Waals surface area contributed by atoms with Crippen LogP contribution in [0.5, 0.6) is 0 Å². The fourth-order valence-electron chi connectivity index (χ4n) is 0.773. The van der Waals surface area contributed by atoms with Crippen molar-refractivity contribution in [2.75, 3.05) is 6.61 Å². The van der Waals surface area contributed by atoms with Crippen molar-refractivity contribution in [1.82, 2.24) is 4.37 Å². The van der Waals surface area contributed by atoms with Crippen molar-refractivity contribution in [3.63, 3.8) is 0 Å². The van der Waals surface area contributed by atoms with Crippen LogP contribution in [0.1, 0.15) is 23.0 Å². The molecule has 0 radical (unpaired) electrons. The minimum atomic E-state index is -0.395. The van der Waals surface area contributed by atoms with Gasteiger partial charge in [-0.05, 0) is 25.4 Å². The monoisotopic (exact) mass is 205 g/mol. The summed E-state index contributed by atoms with van der Waals surface area (Å²) in [5.74, 6) is -0.395. The Labute approximate surface area is 79.5 Å². The maximum Gasteiger partial charge on any atom is 0.342 e. The number of aromatic nitrogens is 1. The Kier molecular flexibility index (Phi) is 3.05. The first-order chi connectivity index (χ1) is 5.66. The molecule has 0 amide bonds. The van der Waals surface area contributed by atoms with Gasteiger partial charge < -0.3 is 4.74 Å². The fraction of sp³-hybridized carbons (Fsp3) is 0.429. The molecule has 1 aromatic heterocycles. The second kappa shape index (κ2) is 3.87. The molecule has 0 aliphatic carbocycles. The minimum absolute atomic E-state index is 0.352. The van der Waals surface area contributed by atoms with Gasteiger partial charge in [0.15, 0.2) is 0 Å². The zero-order valence-corrected chi connectivity index (χ0v) is 8.33. The van der Waals surface area contributed by atoms with Crippen molar-refractivity contribution >= 4 is 29.1 Å². The number of halogens is 1. The molecule has 1 heterocycles. The lowest BCUT2D eigenvalue weighted by Crippen LogP contribution is -2.05. The van der Waals surface area contributed by atoms with Crippen molar-refractivity contribution < 1.29 is 9.53 Å². The zero-order valence-electron chi connectivity index (χ0n) is 6.76. The molecule has 0 spiro atoms. The fourth-order valence-corrected chi connectivity index (χ4v) is 1.72. The number of carbonyl (C=O) groups is 1. The van der Waals surface area contributed by atoms with E-state index < -0.39 is 5.97 Å². The van der Waals surface area contributed by atoms with Crippen LogP contribution < -0.4 is 0 Å². The number of hydrogen-bond acceptors (Lipinski definition) is 4. The molecule has 0 aliphatic rings. The topological polar surface area (TPSA) is 39.2 Å². The van der Waals surface area contributed by atoms with Crippen LogP contribution in [0, 0.1) is 6.92 Å². The van der Waals surface area contributed by atoms with E-state index in [2.05, 4.69) is 4.37 Å². The number of carbonyl (C=O) groups excluding carboxylic acids is 1. The first-order valence-corrected chi connectivity index (χ1v) is 4.60. The first kappa shape index (κ1) is 9.48. The van der Waals surface area contributed by atoms with E-state index in [1.807, 2.05) is 0 Å². The molecule has 0 N–H and O–H groups in total. The van der Waals surface area contributed by atoms with Gasteiger partial charge >= 0.3 is 5.97 Å². The molecule has 66 valence electrons. The Balaban J connectivity index is 2.93. The summed E-state index contributed by atoms with van der Waals surface area (Å²) < 4.78 is 9.11. The van der Waals surface area contributed by atoms with E-state index >= 15 is 0 Å². The quantitative estimate of drug-likeness (QED) is 0.696. The smallest absolute Gasteiger partial charge is 0.342 e. The summed E-state index contributed by atoms with van der Waals surface area (Å²) in [5.41, 5.74) is 1.02. The molecule has 1 aromatic rings. The maximum absolute atomic E-state index is 11.2. The zero-order chi connectivity index (χ0) is 9.14. The van der Waals surface area contributed by atoms with Crippen molar-refractivity contribution in [3.05, 3.63) is 15.6 Å². The third-order valence-electron chi connectivity index (χ3n) is 1.30. The molecule has 0 saturated heterocycles. The van der Waals surface area contributed by atoms with E-state index in [1.165, 1.54) is 0 Å². The van der Waals surface area contributed by atoms with Crippen LogP contribution in [-0.2, 0) is 4.74 Å². The number of rotatable bonds is 2. The number of aryl methyl sites for hydroxylation is 1. The van der Waals surface area contributed by atoms with Crippen molar-refractivity contribution in [3.8, 4) is 0 Å². The Morgan fingerprint density at radius 1 is 1.75 bits per heavy atom. The normalized spacial score (nSPS) is 9.92. The molecule has 0 bridgehead atoms. The first-order valence-electron chi connectivity index (χ1n) is 3.45. The second-order valence-corrected chi connectivity index (χ2v) is 3.51. The highest BCUT2D eigenvalue weighted by molar-refractivity contribution is 7.11. The molecule has 0 aliphatic heterocycles. The largest absolute Gasteiger partial charge is 0.462 e. The summed E-state index contributed by atoms with van der Waals surface area (Å²) in [6.07, 6.45) is 0. The molecule has 5 heteroatoms. The van der Waals surface area contributed by atoms with Crippen LogP contribution in [0.3, 0.4) is 0 Å². The average molecular weight is 206 g/mol. The summed E-state index contributed by atoms with van der Waals surface area (Å²) in [5, 5.41) is 0. The lowest BCUT2D eigenvalue weighted by Gasteiger charge is -1.99. The molecule has 0 aromatic carbocycles. The van der Waals surface area contributed by atoms with Gasteiger partial charge in [0.25, 0.3) is 0 Å². The molecule has 12 heavy (non-hydrogen) atoms. The number of hydrogen-bond donors (Lipinski definition) is 0. The lowest BCUT2D eigenvalue weighted by atomic mass is 10.3. The predicted octanol–water partition coefficient (Wildman–Crippen LogP) is 2.28. The van der Waals surface area contributed by atoms with Crippen LogP contribution in [-0.4, -0.2) is 16.9 Å². The number of ether oxygens (including phenoxy) is 1. The molecule has 0 fully saturated rings. The van der Waals surface area contributed by atoms with Crippen molar-refractivity contribution in [1.29, 1.82) is 0 Å². The summed E-state index contributed by atoms with van der Waals surface area (Å²) in [6, 6.07) is 0. The Bertz CT molecular complexity index is 278. The Morgan fingerprint density at radius 2 is 2.42 bits per heavy atom. The Hall–Kier alpha value is -0.610. The third-order valence-corrected chi connectivity index (χ3v) is 2.43. The highest BCUT2D eigenvalue weighted by atomic mass is 35.5. The molecule has 0 atom stereocenters. The van der Waals surface area contributed by atoms with Gasteiger partial charge in [0.05, 0.1) is 12.3 Å². The van der Waals surface area contributed by atoms with Crippen LogP contribution in [0.2, 0.25) is 4.34 Å². The average Bonchev–Trinajstić information content (AvgIpc) is 2.32. The van der Waals surface area contributed by atoms with Crippen LogP contribution in [0.4, 0.5) is 0 Å². The summed E-state index contributed by atoms with van der Waals surface area (Å²) in [4.78, 5) is 11.2. The van der Waals surface area contributed by atoms with E-state index in [0.717, 1.165) is 11.5 Å². The van der Waals surface area contributed by atoms with Gasteiger partial charge in [-0.3, -0.25) is 0 Å². The van der Waals surface area contributed by atoms with Gasteiger partial charge in [0, 0.05) is 0 Å². The summed E-state index contributed by atoms with van der Waals surface area (Å²) in [7, 11) is 0. The third kappa shape index (κ3) is 1.76. The maximum atomic E-state index is 11.2. The highest BCUT2D eigenvalue weighted by Crippen LogP contribution is 2.24. The number of nitrogens with zero attached hydrogens (tertiary/aromatic N) is 1. The molecule has 1 rings (SSSR count).